The summed E-state index contributed by atoms with van der Waals surface area (Å²) in [5.41, 5.74) is 0.537. The molecule has 29 heavy (non-hydrogen) atoms. The van der Waals surface area contributed by atoms with Crippen LogP contribution in [0.5, 0.6) is 5.75 Å². The van der Waals surface area contributed by atoms with Gasteiger partial charge in [0.1, 0.15) is 25.1 Å². The Labute approximate surface area is 168 Å². The molecular weight excluding hydrogens is 404 g/mol. The zero-order valence-corrected chi connectivity index (χ0v) is 16.3. The number of carboxylic acid groups (broad SMARTS) is 1. The number of hydrogen-bond acceptors (Lipinski definition) is 4. The summed E-state index contributed by atoms with van der Waals surface area (Å²) in [6.45, 7) is 1.92. The Morgan fingerprint density at radius 3 is 2.28 bits per heavy atom. The van der Waals surface area contributed by atoms with Crippen molar-refractivity contribution >= 4 is 16.0 Å². The Balaban J connectivity index is 2.44. The van der Waals surface area contributed by atoms with Gasteiger partial charge in [0, 0.05) is 13.0 Å². The summed E-state index contributed by atoms with van der Waals surface area (Å²) >= 11 is 0. The summed E-state index contributed by atoms with van der Waals surface area (Å²) in [5.74, 6) is -2.17. The average Bonchev–Trinajstić information content (AvgIpc) is 2.69. The van der Waals surface area contributed by atoms with E-state index in [0.29, 0.717) is 5.56 Å². The standard InChI is InChI=1S/C20H21F2NO5S/c1-15(22)13-19(20(24)25)23(14-16-5-3-2-4-6-16)29(26,27)18-9-7-17(8-10-18)28-12-11-21/h2-10,19H,1,11-14H2,(H,24,25)/t19-/m1/s1. The molecule has 0 aliphatic heterocycles. The van der Waals surface area contributed by atoms with Crippen LogP contribution >= 0.6 is 0 Å². The number of halogens is 2. The van der Waals surface area contributed by atoms with Gasteiger partial charge < -0.3 is 9.84 Å². The van der Waals surface area contributed by atoms with Crippen LogP contribution in [0.1, 0.15) is 12.0 Å². The third-order valence-corrected chi connectivity index (χ3v) is 5.87. The van der Waals surface area contributed by atoms with Gasteiger partial charge in [-0.05, 0) is 29.8 Å². The Kier molecular flexibility index (Phi) is 7.86. The molecule has 1 atom stereocenters. The van der Waals surface area contributed by atoms with Gasteiger partial charge in [-0.1, -0.05) is 36.9 Å². The van der Waals surface area contributed by atoms with Crippen molar-refractivity contribution in [3.63, 3.8) is 0 Å². The molecule has 0 amide bonds. The van der Waals surface area contributed by atoms with E-state index in [2.05, 4.69) is 6.58 Å². The first-order chi connectivity index (χ1) is 13.8. The molecule has 0 spiro atoms. The SMILES string of the molecule is C=C(F)C[C@H](C(=O)O)N(Cc1ccccc1)S(=O)(=O)c1ccc(OCCF)cc1. The van der Waals surface area contributed by atoms with Gasteiger partial charge in [0.25, 0.3) is 0 Å². The first kappa shape index (κ1) is 22.5. The summed E-state index contributed by atoms with van der Waals surface area (Å²) in [4.78, 5) is 11.6. The van der Waals surface area contributed by atoms with E-state index in [1.807, 2.05) is 0 Å². The highest BCUT2D eigenvalue weighted by molar-refractivity contribution is 7.89. The summed E-state index contributed by atoms with van der Waals surface area (Å²) in [7, 11) is -4.31. The predicted octanol–water partition coefficient (Wildman–Crippen LogP) is 3.55. The minimum absolute atomic E-state index is 0.175. The maximum atomic E-state index is 13.4. The lowest BCUT2D eigenvalue weighted by molar-refractivity contribution is -0.141. The van der Waals surface area contributed by atoms with E-state index in [9.17, 15) is 27.1 Å². The van der Waals surface area contributed by atoms with Crippen LogP contribution in [-0.4, -0.2) is 43.1 Å². The molecule has 2 aromatic rings. The van der Waals surface area contributed by atoms with Crippen molar-refractivity contribution in [2.75, 3.05) is 13.3 Å². The largest absolute Gasteiger partial charge is 0.491 e. The lowest BCUT2D eigenvalue weighted by atomic mass is 10.1. The molecule has 0 saturated carbocycles. The van der Waals surface area contributed by atoms with Gasteiger partial charge >= 0.3 is 5.97 Å². The smallest absolute Gasteiger partial charge is 0.322 e. The Morgan fingerprint density at radius 2 is 1.76 bits per heavy atom. The molecular formula is C20H21F2NO5S. The van der Waals surface area contributed by atoms with Crippen molar-refractivity contribution in [3.8, 4) is 5.75 Å². The molecule has 0 unspecified atom stereocenters. The second kappa shape index (κ2) is 10.1. The molecule has 0 aromatic heterocycles. The fourth-order valence-corrected chi connectivity index (χ4v) is 4.22. The molecule has 0 heterocycles. The monoisotopic (exact) mass is 425 g/mol. The van der Waals surface area contributed by atoms with Gasteiger partial charge in [0.2, 0.25) is 10.0 Å². The first-order valence-corrected chi connectivity index (χ1v) is 10.1. The van der Waals surface area contributed by atoms with Gasteiger partial charge in [0.05, 0.1) is 10.7 Å². The van der Waals surface area contributed by atoms with Gasteiger partial charge in [-0.15, -0.1) is 0 Å². The number of aliphatic carboxylic acids is 1. The van der Waals surface area contributed by atoms with Crippen LogP contribution in [0.3, 0.4) is 0 Å². The molecule has 0 fully saturated rings. The van der Waals surface area contributed by atoms with E-state index in [0.717, 1.165) is 4.31 Å². The molecule has 0 bridgehead atoms. The minimum atomic E-state index is -4.31. The summed E-state index contributed by atoms with van der Waals surface area (Å²) in [6.07, 6.45) is -0.681. The normalized spacial score (nSPS) is 12.5. The molecule has 1 N–H and O–H groups in total. The number of hydrogen-bond donors (Lipinski definition) is 1. The van der Waals surface area contributed by atoms with Crippen LogP contribution < -0.4 is 4.74 Å². The van der Waals surface area contributed by atoms with E-state index in [1.54, 1.807) is 30.3 Å². The average molecular weight is 425 g/mol. The number of benzene rings is 2. The molecule has 0 aliphatic carbocycles. The fourth-order valence-electron chi connectivity index (χ4n) is 2.65. The van der Waals surface area contributed by atoms with Crippen LogP contribution in [0.25, 0.3) is 0 Å². The van der Waals surface area contributed by atoms with Gasteiger partial charge in [-0.2, -0.15) is 4.31 Å². The van der Waals surface area contributed by atoms with E-state index < -0.39 is 41.0 Å². The second-order valence-electron chi connectivity index (χ2n) is 6.12. The van der Waals surface area contributed by atoms with Crippen LogP contribution in [0, 0.1) is 0 Å². The molecule has 0 radical (unpaired) electrons. The molecule has 6 nitrogen and oxygen atoms in total. The maximum absolute atomic E-state index is 13.4. The topological polar surface area (TPSA) is 83.9 Å². The Morgan fingerprint density at radius 1 is 1.14 bits per heavy atom. The number of ether oxygens (including phenoxy) is 1. The summed E-state index contributed by atoms with van der Waals surface area (Å²) < 4.78 is 57.9. The number of alkyl halides is 1. The minimum Gasteiger partial charge on any atom is -0.491 e. The fraction of sp³-hybridized carbons (Fsp3) is 0.250. The molecule has 156 valence electrons. The zero-order valence-electron chi connectivity index (χ0n) is 15.5. The van der Waals surface area contributed by atoms with E-state index in [-0.39, 0.29) is 23.8 Å². The highest BCUT2D eigenvalue weighted by Crippen LogP contribution is 2.26. The van der Waals surface area contributed by atoms with Crippen molar-refractivity contribution in [1.82, 2.24) is 4.31 Å². The number of carboxylic acids is 1. The Bertz CT molecular complexity index is 933. The highest BCUT2D eigenvalue weighted by atomic mass is 32.2. The van der Waals surface area contributed by atoms with Crippen molar-refractivity contribution in [1.29, 1.82) is 0 Å². The first-order valence-electron chi connectivity index (χ1n) is 8.66. The summed E-state index contributed by atoms with van der Waals surface area (Å²) in [5, 5.41) is 9.55. The number of sulfonamides is 1. The lowest BCUT2D eigenvalue weighted by Gasteiger charge is -2.28. The number of rotatable bonds is 11. The zero-order chi connectivity index (χ0) is 21.4. The van der Waals surface area contributed by atoms with Gasteiger partial charge in [-0.3, -0.25) is 4.79 Å². The molecule has 0 aliphatic rings. The molecule has 2 rings (SSSR count). The van der Waals surface area contributed by atoms with E-state index in [1.165, 1.54) is 24.3 Å². The van der Waals surface area contributed by atoms with Crippen molar-refractivity contribution in [2.45, 2.75) is 23.9 Å². The maximum Gasteiger partial charge on any atom is 0.322 e. The van der Waals surface area contributed by atoms with Gasteiger partial charge in [0.15, 0.2) is 0 Å². The number of nitrogens with zero attached hydrogens (tertiary/aromatic N) is 1. The third kappa shape index (κ3) is 6.10. The predicted molar refractivity (Wildman–Crippen MR) is 103 cm³/mol. The third-order valence-electron chi connectivity index (χ3n) is 4.00. The van der Waals surface area contributed by atoms with Crippen molar-refractivity contribution in [2.24, 2.45) is 0 Å². The Hall–Kier alpha value is -2.78. The van der Waals surface area contributed by atoms with Crippen LogP contribution in [0.4, 0.5) is 8.78 Å². The number of carbonyl (C=O) groups is 1. The molecule has 2 aromatic carbocycles. The van der Waals surface area contributed by atoms with Crippen LogP contribution in [0.2, 0.25) is 0 Å². The van der Waals surface area contributed by atoms with E-state index in [4.69, 9.17) is 4.74 Å². The van der Waals surface area contributed by atoms with Crippen molar-refractivity contribution in [3.05, 3.63) is 72.6 Å². The second-order valence-corrected chi connectivity index (χ2v) is 8.01. The highest BCUT2D eigenvalue weighted by Gasteiger charge is 2.36. The van der Waals surface area contributed by atoms with Gasteiger partial charge in [-0.25, -0.2) is 17.2 Å². The quantitative estimate of drug-likeness (QED) is 0.595. The van der Waals surface area contributed by atoms with E-state index >= 15 is 0 Å². The van der Waals surface area contributed by atoms with Crippen LogP contribution in [0.15, 0.2) is 71.9 Å². The van der Waals surface area contributed by atoms with Crippen LogP contribution in [-0.2, 0) is 21.4 Å². The van der Waals surface area contributed by atoms with Crippen molar-refractivity contribution < 1.29 is 31.8 Å². The molecule has 0 saturated heterocycles. The summed E-state index contributed by atoms with van der Waals surface area (Å²) in [6, 6.07) is 11.8. The molecule has 9 heteroatoms. The lowest BCUT2D eigenvalue weighted by Crippen LogP contribution is -2.44.